The molecule has 26 heavy (non-hydrogen) atoms. The third kappa shape index (κ3) is 3.22. The highest BCUT2D eigenvalue weighted by Gasteiger charge is 2.14. The first kappa shape index (κ1) is 16.8. The molecule has 1 saturated heterocycles. The second kappa shape index (κ2) is 7.30. The van der Waals surface area contributed by atoms with Gasteiger partial charge in [-0.15, -0.1) is 5.10 Å². The molecule has 2 aromatic carbocycles. The molecule has 4 rings (SSSR count). The van der Waals surface area contributed by atoms with Crippen LogP contribution in [0.1, 0.15) is 28.9 Å². The molecule has 5 nitrogen and oxygen atoms in total. The van der Waals surface area contributed by atoms with Crippen molar-refractivity contribution in [3.63, 3.8) is 0 Å². The summed E-state index contributed by atoms with van der Waals surface area (Å²) < 4.78 is 7.64. The van der Waals surface area contributed by atoms with Crippen molar-refractivity contribution in [3.8, 4) is 11.6 Å². The summed E-state index contributed by atoms with van der Waals surface area (Å²) in [7, 11) is 0. The van der Waals surface area contributed by atoms with Gasteiger partial charge in [-0.05, 0) is 49.7 Å². The topological polar surface area (TPSA) is 47.4 Å². The molecule has 0 aliphatic carbocycles. The molecule has 3 aromatic rings. The van der Waals surface area contributed by atoms with Crippen LogP contribution in [0.5, 0.6) is 5.88 Å². The molecule has 0 unspecified atom stereocenters. The second-order valence-electron chi connectivity index (χ2n) is 6.77. The quantitative estimate of drug-likeness (QED) is 0.638. The first-order valence-electron chi connectivity index (χ1n) is 9.15. The third-order valence-electron chi connectivity index (χ3n) is 5.01. The number of hydrogen-bond donors (Lipinski definition) is 0. The number of aldehydes is 1. The average molecular weight is 349 g/mol. The zero-order valence-corrected chi connectivity index (χ0v) is 15.0. The van der Waals surface area contributed by atoms with E-state index in [-0.39, 0.29) is 0 Å². The number of aromatic nitrogens is 2. The highest BCUT2D eigenvalue weighted by atomic mass is 16.5. The van der Waals surface area contributed by atoms with Gasteiger partial charge < -0.3 is 4.74 Å². The minimum Gasteiger partial charge on any atom is -0.475 e. The van der Waals surface area contributed by atoms with E-state index in [9.17, 15) is 4.79 Å². The molecule has 0 spiro atoms. The molecule has 1 aromatic heterocycles. The van der Waals surface area contributed by atoms with Crippen molar-refractivity contribution < 1.29 is 9.53 Å². The van der Waals surface area contributed by atoms with Gasteiger partial charge in [-0.25, -0.2) is 4.68 Å². The number of fused-ring (bicyclic) bond motifs is 1. The van der Waals surface area contributed by atoms with Crippen LogP contribution in [0.4, 0.5) is 0 Å². The van der Waals surface area contributed by atoms with Crippen molar-refractivity contribution in [3.05, 3.63) is 53.7 Å². The van der Waals surface area contributed by atoms with Gasteiger partial charge in [0.2, 0.25) is 5.88 Å². The van der Waals surface area contributed by atoms with Gasteiger partial charge in [0.25, 0.3) is 0 Å². The number of aryl methyl sites for hydroxylation is 1. The van der Waals surface area contributed by atoms with Crippen molar-refractivity contribution in [2.75, 3.05) is 26.2 Å². The van der Waals surface area contributed by atoms with Crippen LogP contribution in [-0.2, 0) is 0 Å². The first-order chi connectivity index (χ1) is 12.8. The Morgan fingerprint density at radius 2 is 1.96 bits per heavy atom. The van der Waals surface area contributed by atoms with E-state index in [1.165, 1.54) is 12.8 Å². The zero-order chi connectivity index (χ0) is 17.9. The summed E-state index contributed by atoms with van der Waals surface area (Å²) in [5.41, 5.74) is 2.38. The maximum Gasteiger partial charge on any atom is 0.233 e. The van der Waals surface area contributed by atoms with Crippen LogP contribution in [0.2, 0.25) is 0 Å². The highest BCUT2D eigenvalue weighted by Crippen LogP contribution is 2.26. The molecule has 0 bridgehead atoms. The van der Waals surface area contributed by atoms with Gasteiger partial charge >= 0.3 is 0 Å². The predicted octanol–water partition coefficient (Wildman–Crippen LogP) is 3.62. The maximum absolute atomic E-state index is 11.8. The first-order valence-corrected chi connectivity index (χ1v) is 9.15. The Bertz CT molecular complexity index is 926. The summed E-state index contributed by atoms with van der Waals surface area (Å²) >= 11 is 0. The molecule has 134 valence electrons. The van der Waals surface area contributed by atoms with Gasteiger partial charge in [0.1, 0.15) is 6.61 Å². The molecule has 5 heteroatoms. The van der Waals surface area contributed by atoms with Crippen molar-refractivity contribution in [1.82, 2.24) is 14.7 Å². The van der Waals surface area contributed by atoms with Crippen LogP contribution in [-0.4, -0.2) is 47.2 Å². The van der Waals surface area contributed by atoms with Gasteiger partial charge in [0.15, 0.2) is 6.29 Å². The summed E-state index contributed by atoms with van der Waals surface area (Å²) in [5, 5.41) is 6.56. The molecule has 1 fully saturated rings. The molecule has 1 aliphatic rings. The summed E-state index contributed by atoms with van der Waals surface area (Å²) in [6, 6.07) is 13.8. The van der Waals surface area contributed by atoms with Crippen molar-refractivity contribution in [2.24, 2.45) is 0 Å². The van der Waals surface area contributed by atoms with Crippen LogP contribution < -0.4 is 4.74 Å². The van der Waals surface area contributed by atoms with E-state index in [0.717, 1.165) is 48.1 Å². The van der Waals surface area contributed by atoms with Gasteiger partial charge in [0, 0.05) is 23.9 Å². The molecule has 1 aliphatic heterocycles. The largest absolute Gasteiger partial charge is 0.475 e. The Morgan fingerprint density at radius 1 is 1.15 bits per heavy atom. The van der Waals surface area contributed by atoms with E-state index in [4.69, 9.17) is 4.74 Å². The smallest absolute Gasteiger partial charge is 0.233 e. The third-order valence-corrected chi connectivity index (χ3v) is 5.01. The zero-order valence-electron chi connectivity index (χ0n) is 15.0. The minimum absolute atomic E-state index is 0.603. The molecular weight excluding hydrogens is 326 g/mol. The van der Waals surface area contributed by atoms with E-state index < -0.39 is 0 Å². The van der Waals surface area contributed by atoms with Gasteiger partial charge in [0.05, 0.1) is 5.69 Å². The Balaban J connectivity index is 1.59. The lowest BCUT2D eigenvalue weighted by Crippen LogP contribution is -2.25. The summed E-state index contributed by atoms with van der Waals surface area (Å²) in [6.45, 7) is 5.87. The van der Waals surface area contributed by atoms with Crippen molar-refractivity contribution in [2.45, 2.75) is 19.8 Å². The van der Waals surface area contributed by atoms with Gasteiger partial charge in [-0.2, -0.15) is 0 Å². The average Bonchev–Trinajstić information content (AvgIpc) is 3.30. The summed E-state index contributed by atoms with van der Waals surface area (Å²) in [4.78, 5) is 14.2. The lowest BCUT2D eigenvalue weighted by atomic mass is 10.0. The molecule has 2 heterocycles. The van der Waals surface area contributed by atoms with Crippen molar-refractivity contribution in [1.29, 1.82) is 0 Å². The lowest BCUT2D eigenvalue weighted by molar-refractivity contribution is 0.112. The number of ether oxygens (including phenoxy) is 1. The Labute approximate surface area is 153 Å². The predicted molar refractivity (Wildman–Crippen MR) is 102 cm³/mol. The van der Waals surface area contributed by atoms with E-state index in [1.807, 2.05) is 49.4 Å². The summed E-state index contributed by atoms with van der Waals surface area (Å²) in [6.07, 6.45) is 3.47. The number of benzene rings is 2. The highest BCUT2D eigenvalue weighted by molar-refractivity contribution is 6.01. The standard InChI is InChI=1S/C21H23N3O2/c1-16-14-21(26-13-12-23-10-4-5-11-23)22-24(16)20-9-8-17-6-2-3-7-18(17)19(20)15-25/h2-3,6-9,14-15H,4-5,10-13H2,1H3. The van der Waals surface area contributed by atoms with E-state index in [1.54, 1.807) is 4.68 Å². The number of hydrogen-bond acceptors (Lipinski definition) is 4. The molecule has 0 amide bonds. The number of nitrogens with zero attached hydrogens (tertiary/aromatic N) is 3. The SMILES string of the molecule is Cc1cc(OCCN2CCCC2)nn1-c1ccc2ccccc2c1C=O. The van der Waals surface area contributed by atoms with Crippen LogP contribution >= 0.6 is 0 Å². The van der Waals surface area contributed by atoms with E-state index >= 15 is 0 Å². The molecular formula is C21H23N3O2. The van der Waals surface area contributed by atoms with Crippen LogP contribution in [0, 0.1) is 6.92 Å². The Morgan fingerprint density at radius 3 is 2.77 bits per heavy atom. The number of likely N-dealkylation sites (tertiary alicyclic amines) is 1. The fraction of sp³-hybridized carbons (Fsp3) is 0.333. The van der Waals surface area contributed by atoms with Crippen molar-refractivity contribution >= 4 is 17.1 Å². The minimum atomic E-state index is 0.603. The number of carbonyl (C=O) groups excluding carboxylic acids is 1. The van der Waals surface area contributed by atoms with Crippen LogP contribution in [0.15, 0.2) is 42.5 Å². The van der Waals surface area contributed by atoms with E-state index in [0.29, 0.717) is 18.1 Å². The molecule has 0 saturated carbocycles. The second-order valence-corrected chi connectivity index (χ2v) is 6.77. The summed E-state index contributed by atoms with van der Waals surface area (Å²) in [5.74, 6) is 0.603. The molecule has 0 atom stereocenters. The molecule has 0 radical (unpaired) electrons. The Hall–Kier alpha value is -2.66. The van der Waals surface area contributed by atoms with Crippen LogP contribution in [0.3, 0.4) is 0 Å². The normalized spacial score (nSPS) is 14.8. The van der Waals surface area contributed by atoms with E-state index in [2.05, 4.69) is 10.00 Å². The lowest BCUT2D eigenvalue weighted by Gasteiger charge is -2.13. The van der Waals surface area contributed by atoms with Gasteiger partial charge in [-0.1, -0.05) is 30.3 Å². The number of carbonyl (C=O) groups is 1. The fourth-order valence-corrected chi connectivity index (χ4v) is 3.64. The monoisotopic (exact) mass is 349 g/mol. The molecule has 0 N–H and O–H groups in total. The Kier molecular flexibility index (Phi) is 4.71. The van der Waals surface area contributed by atoms with Gasteiger partial charge in [-0.3, -0.25) is 9.69 Å². The van der Waals surface area contributed by atoms with Crippen LogP contribution in [0.25, 0.3) is 16.5 Å². The maximum atomic E-state index is 11.8. The fourth-order valence-electron chi connectivity index (χ4n) is 3.64. The number of rotatable bonds is 6.